The molecule has 0 amide bonds. The number of primary sulfonamides is 1. The van der Waals surface area contributed by atoms with E-state index in [-0.39, 0.29) is 11.5 Å². The molecule has 0 bridgehead atoms. The van der Waals surface area contributed by atoms with Crippen molar-refractivity contribution in [3.63, 3.8) is 0 Å². The first-order valence-electron chi connectivity index (χ1n) is 5.96. The summed E-state index contributed by atoms with van der Waals surface area (Å²) in [6, 6.07) is 8.36. The molecule has 0 radical (unpaired) electrons. The molecule has 20 heavy (non-hydrogen) atoms. The fourth-order valence-corrected chi connectivity index (χ4v) is 2.62. The minimum atomic E-state index is -3.74. The van der Waals surface area contributed by atoms with Crippen molar-refractivity contribution in [2.75, 3.05) is 5.32 Å². The number of aliphatic hydroxyl groups excluding tert-OH is 1. The van der Waals surface area contributed by atoms with Gasteiger partial charge in [-0.2, -0.15) is 0 Å². The van der Waals surface area contributed by atoms with Gasteiger partial charge < -0.3 is 14.8 Å². The summed E-state index contributed by atoms with van der Waals surface area (Å²) in [6.45, 7) is 1.91. The Balaban J connectivity index is 2.14. The van der Waals surface area contributed by atoms with Gasteiger partial charge in [-0.15, -0.1) is 0 Å². The minimum absolute atomic E-state index is 0.0954. The van der Waals surface area contributed by atoms with Crippen LogP contribution in [0.3, 0.4) is 0 Å². The molecule has 0 saturated carbocycles. The number of hydrogen-bond acceptors (Lipinski definition) is 5. The van der Waals surface area contributed by atoms with Crippen LogP contribution in [-0.4, -0.2) is 13.5 Å². The Labute approximate surface area is 117 Å². The topological polar surface area (TPSA) is 106 Å². The van der Waals surface area contributed by atoms with Gasteiger partial charge in [-0.1, -0.05) is 6.07 Å². The van der Waals surface area contributed by atoms with Crippen LogP contribution in [0.4, 0.5) is 5.69 Å². The van der Waals surface area contributed by atoms with Gasteiger partial charge in [0, 0.05) is 5.69 Å². The highest BCUT2D eigenvalue weighted by Crippen LogP contribution is 2.20. The molecule has 1 aromatic carbocycles. The van der Waals surface area contributed by atoms with Crippen molar-refractivity contribution in [1.82, 2.24) is 0 Å². The Morgan fingerprint density at radius 1 is 1.25 bits per heavy atom. The van der Waals surface area contributed by atoms with E-state index in [0.29, 0.717) is 29.3 Å². The second-order valence-electron chi connectivity index (χ2n) is 4.40. The molecule has 2 rings (SSSR count). The summed E-state index contributed by atoms with van der Waals surface area (Å²) in [5.41, 5.74) is 1.22. The number of rotatable bonds is 5. The smallest absolute Gasteiger partial charge is 0.238 e. The van der Waals surface area contributed by atoms with Gasteiger partial charge in [0.25, 0.3) is 0 Å². The monoisotopic (exact) mass is 296 g/mol. The van der Waals surface area contributed by atoms with Crippen molar-refractivity contribution in [3.05, 3.63) is 47.4 Å². The van der Waals surface area contributed by atoms with Crippen molar-refractivity contribution in [2.24, 2.45) is 5.14 Å². The summed E-state index contributed by atoms with van der Waals surface area (Å²) in [4.78, 5) is 0.0954. The molecule has 2 aromatic rings. The third kappa shape index (κ3) is 3.38. The molecule has 0 atom stereocenters. The minimum Gasteiger partial charge on any atom is -0.462 e. The van der Waals surface area contributed by atoms with E-state index in [2.05, 4.69) is 5.32 Å². The number of furan rings is 1. The molecule has 1 heterocycles. The maximum Gasteiger partial charge on any atom is 0.238 e. The van der Waals surface area contributed by atoms with Crippen molar-refractivity contribution in [1.29, 1.82) is 0 Å². The fourth-order valence-electron chi connectivity index (χ4n) is 1.81. The Morgan fingerprint density at radius 2 is 1.95 bits per heavy atom. The maximum absolute atomic E-state index is 11.4. The van der Waals surface area contributed by atoms with E-state index in [1.165, 1.54) is 6.07 Å². The van der Waals surface area contributed by atoms with Crippen LogP contribution in [0.5, 0.6) is 0 Å². The molecule has 0 saturated heterocycles. The molecule has 6 nitrogen and oxygen atoms in total. The maximum atomic E-state index is 11.4. The largest absolute Gasteiger partial charge is 0.462 e. The lowest BCUT2D eigenvalue weighted by atomic mass is 10.2. The van der Waals surface area contributed by atoms with Gasteiger partial charge in [-0.3, -0.25) is 0 Å². The van der Waals surface area contributed by atoms with E-state index in [1.807, 2.05) is 0 Å². The lowest BCUT2D eigenvalue weighted by Crippen LogP contribution is -2.14. The quantitative estimate of drug-likeness (QED) is 0.772. The molecule has 1 aromatic heterocycles. The zero-order valence-corrected chi connectivity index (χ0v) is 11.8. The highest BCUT2D eigenvalue weighted by molar-refractivity contribution is 7.89. The normalized spacial score (nSPS) is 11.6. The molecule has 0 unspecified atom stereocenters. The van der Waals surface area contributed by atoms with Crippen LogP contribution < -0.4 is 10.5 Å². The number of aryl methyl sites for hydroxylation is 1. The molecule has 0 aliphatic heterocycles. The Morgan fingerprint density at radius 3 is 2.55 bits per heavy atom. The van der Waals surface area contributed by atoms with E-state index in [1.54, 1.807) is 31.2 Å². The zero-order chi connectivity index (χ0) is 14.8. The number of anilines is 1. The van der Waals surface area contributed by atoms with Gasteiger partial charge in [-0.25, -0.2) is 13.6 Å². The standard InChI is InChI=1S/C13H16N2O4S/c1-9-2-3-10(6-13(9)20(14,17)18)15-7-11-4-5-12(8-16)19-11/h2-6,15-16H,7-8H2,1H3,(H2,14,17,18). The first-order chi connectivity index (χ1) is 9.40. The number of hydrogen-bond donors (Lipinski definition) is 3. The van der Waals surface area contributed by atoms with Gasteiger partial charge in [0.05, 0.1) is 11.4 Å². The highest BCUT2D eigenvalue weighted by atomic mass is 32.2. The van der Waals surface area contributed by atoms with Crippen molar-refractivity contribution >= 4 is 15.7 Å². The lowest BCUT2D eigenvalue weighted by molar-refractivity contribution is 0.244. The summed E-state index contributed by atoms with van der Waals surface area (Å²) in [6.07, 6.45) is 0. The third-order valence-corrected chi connectivity index (χ3v) is 3.89. The van der Waals surface area contributed by atoms with Crippen LogP contribution >= 0.6 is 0 Å². The zero-order valence-electron chi connectivity index (χ0n) is 11.0. The van der Waals surface area contributed by atoms with Crippen LogP contribution in [0.25, 0.3) is 0 Å². The number of benzene rings is 1. The molecule has 108 valence electrons. The highest BCUT2D eigenvalue weighted by Gasteiger charge is 2.12. The van der Waals surface area contributed by atoms with Crippen molar-refractivity contribution < 1.29 is 17.9 Å². The third-order valence-electron chi connectivity index (χ3n) is 2.83. The van der Waals surface area contributed by atoms with E-state index in [9.17, 15) is 8.42 Å². The summed E-state index contributed by atoms with van der Waals surface area (Å²) >= 11 is 0. The second kappa shape index (κ2) is 5.66. The predicted octanol–water partition coefficient (Wildman–Crippen LogP) is 1.34. The first kappa shape index (κ1) is 14.6. The van der Waals surface area contributed by atoms with E-state index in [4.69, 9.17) is 14.7 Å². The van der Waals surface area contributed by atoms with Crippen LogP contribution in [0.2, 0.25) is 0 Å². The van der Waals surface area contributed by atoms with Crippen LogP contribution in [0, 0.1) is 6.92 Å². The lowest BCUT2D eigenvalue weighted by Gasteiger charge is -2.08. The SMILES string of the molecule is Cc1ccc(NCc2ccc(CO)o2)cc1S(N)(=O)=O. The number of nitrogens with one attached hydrogen (secondary N) is 1. The van der Waals surface area contributed by atoms with Gasteiger partial charge in [0.2, 0.25) is 10.0 Å². The van der Waals surface area contributed by atoms with Gasteiger partial charge in [0.15, 0.2) is 0 Å². The summed E-state index contributed by atoms with van der Waals surface area (Å²) in [5.74, 6) is 1.13. The average molecular weight is 296 g/mol. The van der Waals surface area contributed by atoms with Gasteiger partial charge >= 0.3 is 0 Å². The van der Waals surface area contributed by atoms with Gasteiger partial charge in [-0.05, 0) is 36.8 Å². The Kier molecular flexibility index (Phi) is 4.12. The van der Waals surface area contributed by atoms with Gasteiger partial charge in [0.1, 0.15) is 18.1 Å². The molecule has 7 heteroatoms. The van der Waals surface area contributed by atoms with E-state index >= 15 is 0 Å². The Bertz CT molecular complexity index is 707. The molecule has 0 aliphatic rings. The first-order valence-corrected chi connectivity index (χ1v) is 7.50. The van der Waals surface area contributed by atoms with E-state index < -0.39 is 10.0 Å². The predicted molar refractivity (Wildman–Crippen MR) is 74.5 cm³/mol. The molecule has 0 aliphatic carbocycles. The number of sulfonamides is 1. The van der Waals surface area contributed by atoms with Crippen LogP contribution in [-0.2, 0) is 23.2 Å². The fraction of sp³-hybridized carbons (Fsp3) is 0.231. The molecule has 0 spiro atoms. The molecular weight excluding hydrogens is 280 g/mol. The number of nitrogens with two attached hydrogens (primary N) is 1. The molecule has 0 fully saturated rings. The number of aliphatic hydroxyl groups is 1. The van der Waals surface area contributed by atoms with Crippen molar-refractivity contribution in [2.45, 2.75) is 25.0 Å². The van der Waals surface area contributed by atoms with E-state index in [0.717, 1.165) is 0 Å². The average Bonchev–Trinajstić information content (AvgIpc) is 2.84. The van der Waals surface area contributed by atoms with Crippen LogP contribution in [0.1, 0.15) is 17.1 Å². The van der Waals surface area contributed by atoms with Crippen LogP contribution in [0.15, 0.2) is 39.6 Å². The molecule has 4 N–H and O–H groups in total. The molecular formula is C13H16N2O4S. The second-order valence-corrected chi connectivity index (χ2v) is 5.93. The summed E-state index contributed by atoms with van der Waals surface area (Å²) < 4.78 is 28.2. The Hall–Kier alpha value is -1.83. The summed E-state index contributed by atoms with van der Waals surface area (Å²) in [5, 5.41) is 17.1. The summed E-state index contributed by atoms with van der Waals surface area (Å²) in [7, 11) is -3.74. The van der Waals surface area contributed by atoms with Crippen molar-refractivity contribution in [3.8, 4) is 0 Å².